The SMILES string of the molecule is C.C.CN(C)C=Nc1ncnc2[nH]ccc12.COC(OC)N(C)C.Nc1ncnc2[nH]ccc12. The molecule has 4 aromatic rings. The molecule has 34 heavy (non-hydrogen) atoms. The molecule has 0 saturated carbocycles. The summed E-state index contributed by atoms with van der Waals surface area (Å²) in [7, 11) is 10.8. The third kappa shape index (κ3) is 8.73. The van der Waals surface area contributed by atoms with Crippen LogP contribution in [0.2, 0.25) is 0 Å². The Bertz CT molecular complexity index is 1100. The Morgan fingerprint density at radius 1 is 0.882 bits per heavy atom. The minimum atomic E-state index is -0.213. The molecule has 12 nitrogen and oxygen atoms in total. The van der Waals surface area contributed by atoms with Gasteiger partial charge in [-0.05, 0) is 26.2 Å². The number of fused-ring (bicyclic) bond motifs is 2. The summed E-state index contributed by atoms with van der Waals surface area (Å²) in [5.74, 6) is 1.20. The highest BCUT2D eigenvalue weighted by Crippen LogP contribution is 2.19. The minimum Gasteiger partial charge on any atom is -0.383 e. The Morgan fingerprint density at radius 3 is 1.88 bits per heavy atom. The molecule has 12 heteroatoms. The van der Waals surface area contributed by atoms with Gasteiger partial charge in [-0.3, -0.25) is 4.90 Å². The third-order valence-electron chi connectivity index (χ3n) is 3.95. The smallest absolute Gasteiger partial charge is 0.217 e. The largest absolute Gasteiger partial charge is 0.383 e. The molecule has 0 aliphatic carbocycles. The second-order valence-corrected chi connectivity index (χ2v) is 6.89. The van der Waals surface area contributed by atoms with E-state index in [-0.39, 0.29) is 21.3 Å². The van der Waals surface area contributed by atoms with Crippen LogP contribution in [0.15, 0.2) is 42.2 Å². The van der Waals surface area contributed by atoms with E-state index in [0.29, 0.717) is 11.6 Å². The molecule has 0 atom stereocenters. The van der Waals surface area contributed by atoms with Crippen LogP contribution in [0.5, 0.6) is 0 Å². The summed E-state index contributed by atoms with van der Waals surface area (Å²) in [6.45, 7) is 0. The molecular weight excluding hydrogens is 436 g/mol. The monoisotopic (exact) mass is 474 g/mol. The van der Waals surface area contributed by atoms with E-state index in [0.717, 1.165) is 22.1 Å². The molecule has 4 aromatic heterocycles. The van der Waals surface area contributed by atoms with Gasteiger partial charge in [0.2, 0.25) is 6.41 Å². The van der Waals surface area contributed by atoms with E-state index in [4.69, 9.17) is 15.2 Å². The lowest BCUT2D eigenvalue weighted by Crippen LogP contribution is -2.30. The number of nitrogen functional groups attached to an aromatic ring is 1. The van der Waals surface area contributed by atoms with Crippen LogP contribution < -0.4 is 5.73 Å². The number of aliphatic imine (C=N–C) groups is 1. The standard InChI is InChI=1S/C9H11N5.C6H6N4.C5H13NO2.2CH4/c1-14(2)6-13-9-7-3-4-10-8(7)11-5-12-9;7-5-4-1-2-8-6(4)10-3-9-5;1-6(2)5(7-3)8-4;;/h3-6H,1-2H3,(H,10,11,12);1-3H,(H3,7,8,9,10);5H,1-4H3;2*1H4. The van der Waals surface area contributed by atoms with Crippen LogP contribution in [0.4, 0.5) is 11.6 Å². The van der Waals surface area contributed by atoms with Gasteiger partial charge in [-0.1, -0.05) is 14.9 Å². The molecule has 188 valence electrons. The van der Waals surface area contributed by atoms with Crippen LogP contribution in [0, 0.1) is 0 Å². The van der Waals surface area contributed by atoms with Crippen molar-refractivity contribution in [1.29, 1.82) is 0 Å². The van der Waals surface area contributed by atoms with Gasteiger partial charge in [0, 0.05) is 40.7 Å². The molecule has 0 bridgehead atoms. The maximum Gasteiger partial charge on any atom is 0.217 e. The molecule has 4 heterocycles. The molecule has 0 unspecified atom stereocenters. The van der Waals surface area contributed by atoms with Crippen molar-refractivity contribution in [3.63, 3.8) is 0 Å². The Balaban J connectivity index is 0.000000488. The summed E-state index contributed by atoms with van der Waals surface area (Å²) >= 11 is 0. The number of anilines is 1. The number of hydrogen-bond acceptors (Lipinski definition) is 9. The second kappa shape index (κ2) is 15.3. The molecule has 0 saturated heterocycles. The van der Waals surface area contributed by atoms with E-state index in [9.17, 15) is 0 Å². The first-order valence-corrected chi connectivity index (χ1v) is 9.61. The van der Waals surface area contributed by atoms with E-state index in [1.165, 1.54) is 12.7 Å². The number of aromatic nitrogens is 6. The van der Waals surface area contributed by atoms with Gasteiger partial charge in [-0.2, -0.15) is 0 Å². The highest BCUT2D eigenvalue weighted by Gasteiger charge is 2.04. The van der Waals surface area contributed by atoms with Crippen LogP contribution >= 0.6 is 0 Å². The lowest BCUT2D eigenvalue weighted by Gasteiger charge is -2.19. The van der Waals surface area contributed by atoms with Gasteiger partial charge in [0.25, 0.3) is 0 Å². The van der Waals surface area contributed by atoms with Crippen LogP contribution in [-0.2, 0) is 9.47 Å². The van der Waals surface area contributed by atoms with Crippen LogP contribution in [0.1, 0.15) is 14.9 Å². The number of hydrogen-bond donors (Lipinski definition) is 3. The topological polar surface area (TPSA) is 146 Å². The number of H-pyrrole nitrogens is 2. The molecule has 0 aliphatic heterocycles. The third-order valence-corrected chi connectivity index (χ3v) is 3.95. The zero-order valence-electron chi connectivity index (χ0n) is 19.1. The maximum absolute atomic E-state index is 5.53. The Hall–Kier alpha value is -3.61. The average molecular weight is 475 g/mol. The molecular formula is C22H38N10O2. The van der Waals surface area contributed by atoms with Crippen molar-refractivity contribution in [2.24, 2.45) is 4.99 Å². The predicted molar refractivity (Wildman–Crippen MR) is 139 cm³/mol. The number of nitrogens with zero attached hydrogens (tertiary/aromatic N) is 7. The quantitative estimate of drug-likeness (QED) is 0.225. The van der Waals surface area contributed by atoms with Crippen molar-refractivity contribution in [3.05, 3.63) is 37.2 Å². The average Bonchev–Trinajstić information content (AvgIpc) is 3.44. The maximum atomic E-state index is 5.53. The number of methoxy groups -OCH3 is 2. The molecule has 0 amide bonds. The van der Waals surface area contributed by atoms with Gasteiger partial charge in [0.1, 0.15) is 29.8 Å². The van der Waals surface area contributed by atoms with Gasteiger partial charge in [0.15, 0.2) is 5.82 Å². The number of nitrogens with two attached hydrogens (primary N) is 1. The molecule has 0 aromatic carbocycles. The van der Waals surface area contributed by atoms with Crippen molar-refractivity contribution >= 4 is 40.0 Å². The Labute approximate surface area is 201 Å². The molecule has 4 rings (SSSR count). The lowest BCUT2D eigenvalue weighted by atomic mass is 10.4. The zero-order valence-corrected chi connectivity index (χ0v) is 19.1. The predicted octanol–water partition coefficient (Wildman–Crippen LogP) is 3.12. The van der Waals surface area contributed by atoms with Crippen LogP contribution in [-0.4, -0.2) is 94.9 Å². The molecule has 4 N–H and O–H groups in total. The van der Waals surface area contributed by atoms with Gasteiger partial charge in [0.05, 0.1) is 17.1 Å². The normalized spacial score (nSPS) is 10.4. The zero-order chi connectivity index (χ0) is 23.5. The highest BCUT2D eigenvalue weighted by molar-refractivity contribution is 5.86. The Kier molecular flexibility index (Phi) is 13.6. The summed E-state index contributed by atoms with van der Waals surface area (Å²) < 4.78 is 9.73. The lowest BCUT2D eigenvalue weighted by molar-refractivity contribution is -0.179. The van der Waals surface area contributed by atoms with Crippen molar-refractivity contribution in [3.8, 4) is 0 Å². The van der Waals surface area contributed by atoms with E-state index >= 15 is 0 Å². The van der Waals surface area contributed by atoms with Crippen LogP contribution in [0.3, 0.4) is 0 Å². The summed E-state index contributed by atoms with van der Waals surface area (Å²) in [5, 5.41) is 1.81. The van der Waals surface area contributed by atoms with Crippen LogP contribution in [0.25, 0.3) is 22.1 Å². The molecule has 0 spiro atoms. The number of ether oxygens (including phenoxy) is 2. The van der Waals surface area contributed by atoms with Gasteiger partial charge in [-0.15, -0.1) is 0 Å². The van der Waals surface area contributed by atoms with E-state index in [2.05, 4.69) is 34.9 Å². The fourth-order valence-corrected chi connectivity index (χ4v) is 2.54. The van der Waals surface area contributed by atoms with Crippen molar-refractivity contribution in [1.82, 2.24) is 39.7 Å². The van der Waals surface area contributed by atoms with Gasteiger partial charge < -0.3 is 30.1 Å². The summed E-state index contributed by atoms with van der Waals surface area (Å²) in [4.78, 5) is 29.8. The minimum absolute atomic E-state index is 0. The molecule has 0 aliphatic rings. The van der Waals surface area contributed by atoms with Crippen molar-refractivity contribution in [2.45, 2.75) is 21.3 Å². The number of nitrogens with one attached hydrogen (secondary N) is 2. The summed E-state index contributed by atoms with van der Waals surface area (Å²) in [5.41, 5.74) is 7.13. The van der Waals surface area contributed by atoms with E-state index < -0.39 is 0 Å². The Morgan fingerprint density at radius 2 is 1.41 bits per heavy atom. The van der Waals surface area contributed by atoms with Crippen molar-refractivity contribution in [2.75, 3.05) is 48.1 Å². The number of rotatable bonds is 5. The van der Waals surface area contributed by atoms with Crippen molar-refractivity contribution < 1.29 is 9.47 Å². The number of aromatic amines is 2. The molecule has 0 radical (unpaired) electrons. The first kappa shape index (κ1) is 30.4. The highest BCUT2D eigenvalue weighted by atomic mass is 16.7. The van der Waals surface area contributed by atoms with E-state index in [1.54, 1.807) is 26.8 Å². The second-order valence-electron chi connectivity index (χ2n) is 6.89. The van der Waals surface area contributed by atoms with E-state index in [1.807, 2.05) is 56.3 Å². The summed E-state index contributed by atoms with van der Waals surface area (Å²) in [6, 6.07) is 3.77. The molecule has 0 fully saturated rings. The first-order chi connectivity index (χ1) is 15.4. The van der Waals surface area contributed by atoms with Gasteiger partial charge in [-0.25, -0.2) is 24.9 Å². The first-order valence-electron chi connectivity index (χ1n) is 9.61. The summed E-state index contributed by atoms with van der Waals surface area (Å²) in [6.07, 6.45) is 8.06. The fourth-order valence-electron chi connectivity index (χ4n) is 2.54. The fraction of sp³-hybridized carbons (Fsp3) is 0.409. The van der Waals surface area contributed by atoms with Gasteiger partial charge >= 0.3 is 0 Å².